The van der Waals surface area contributed by atoms with E-state index in [1.807, 2.05) is 0 Å². The first-order valence-electron chi connectivity index (χ1n) is 6.06. The summed E-state index contributed by atoms with van der Waals surface area (Å²) >= 11 is 0. The minimum Gasteiger partial charge on any atom is -0.484 e. The van der Waals surface area contributed by atoms with Gasteiger partial charge >= 0.3 is 5.97 Å². The van der Waals surface area contributed by atoms with Gasteiger partial charge in [-0.25, -0.2) is 9.18 Å². The molecule has 21 heavy (non-hydrogen) atoms. The Bertz CT molecular complexity index is 655. The molecular formula is C15H12FNO4. The molecule has 1 amide bonds. The highest BCUT2D eigenvalue weighted by atomic mass is 19.1. The van der Waals surface area contributed by atoms with E-state index in [1.165, 1.54) is 42.5 Å². The molecule has 2 N–H and O–H groups in total. The van der Waals surface area contributed by atoms with E-state index in [9.17, 15) is 14.0 Å². The van der Waals surface area contributed by atoms with Crippen LogP contribution < -0.4 is 10.1 Å². The summed E-state index contributed by atoms with van der Waals surface area (Å²) in [6.45, 7) is -0.277. The number of amides is 1. The number of benzene rings is 2. The first kappa shape index (κ1) is 14.5. The number of rotatable bonds is 5. The zero-order chi connectivity index (χ0) is 15.2. The Morgan fingerprint density at radius 1 is 1.14 bits per heavy atom. The Kier molecular flexibility index (Phi) is 4.50. The summed E-state index contributed by atoms with van der Waals surface area (Å²) in [6, 6.07) is 11.1. The van der Waals surface area contributed by atoms with Crippen LogP contribution in [-0.4, -0.2) is 23.6 Å². The van der Waals surface area contributed by atoms with Crippen molar-refractivity contribution in [3.63, 3.8) is 0 Å². The molecule has 0 heterocycles. The van der Waals surface area contributed by atoms with Crippen molar-refractivity contribution in [1.82, 2.24) is 0 Å². The lowest BCUT2D eigenvalue weighted by Gasteiger charge is -2.08. The normalized spacial score (nSPS) is 9.95. The molecule has 0 aromatic heterocycles. The van der Waals surface area contributed by atoms with Gasteiger partial charge in [0.25, 0.3) is 5.91 Å². The molecule has 0 aliphatic heterocycles. The molecule has 0 aliphatic carbocycles. The summed E-state index contributed by atoms with van der Waals surface area (Å²) in [6.07, 6.45) is 0. The number of ether oxygens (including phenoxy) is 1. The molecule has 108 valence electrons. The van der Waals surface area contributed by atoms with Crippen molar-refractivity contribution in [1.29, 1.82) is 0 Å². The van der Waals surface area contributed by atoms with Crippen molar-refractivity contribution in [3.8, 4) is 5.75 Å². The van der Waals surface area contributed by atoms with E-state index in [1.54, 1.807) is 6.07 Å². The molecule has 6 heteroatoms. The number of hydrogen-bond acceptors (Lipinski definition) is 3. The van der Waals surface area contributed by atoms with Crippen LogP contribution in [-0.2, 0) is 4.79 Å². The predicted molar refractivity (Wildman–Crippen MR) is 73.9 cm³/mol. The van der Waals surface area contributed by atoms with Gasteiger partial charge in [0, 0.05) is 5.69 Å². The first-order chi connectivity index (χ1) is 10.0. The number of carboxylic acid groups (broad SMARTS) is 1. The fourth-order valence-corrected chi connectivity index (χ4v) is 1.60. The van der Waals surface area contributed by atoms with Crippen LogP contribution in [0.4, 0.5) is 10.1 Å². The molecule has 2 aromatic rings. The highest BCUT2D eigenvalue weighted by Gasteiger charge is 2.07. The second-order valence-electron chi connectivity index (χ2n) is 4.18. The molecule has 0 saturated carbocycles. The van der Waals surface area contributed by atoms with Gasteiger partial charge in [-0.2, -0.15) is 0 Å². The molecule has 0 radical (unpaired) electrons. The van der Waals surface area contributed by atoms with E-state index in [0.717, 1.165) is 0 Å². The minimum atomic E-state index is -1.07. The predicted octanol–water partition coefficient (Wildman–Crippen LogP) is 2.54. The Balaban J connectivity index is 1.90. The van der Waals surface area contributed by atoms with Crippen LogP contribution in [0.5, 0.6) is 5.75 Å². The molecule has 0 unspecified atom stereocenters. The van der Waals surface area contributed by atoms with Crippen LogP contribution in [0.2, 0.25) is 0 Å². The number of carbonyl (C=O) groups is 2. The maximum Gasteiger partial charge on any atom is 0.335 e. The standard InChI is InChI=1S/C15H12FNO4/c16-11-4-6-12(7-5-11)17-14(18)9-21-13-3-1-2-10(8-13)15(19)20/h1-8H,9H2,(H,17,18)(H,19,20). The Labute approximate surface area is 120 Å². The minimum absolute atomic E-state index is 0.0754. The van der Waals surface area contributed by atoms with Gasteiger partial charge in [0.05, 0.1) is 5.56 Å². The molecule has 5 nitrogen and oxygen atoms in total. The zero-order valence-electron chi connectivity index (χ0n) is 10.9. The van der Waals surface area contributed by atoms with Crippen molar-refractivity contribution in [2.75, 3.05) is 11.9 Å². The van der Waals surface area contributed by atoms with Gasteiger partial charge in [-0.1, -0.05) is 6.07 Å². The van der Waals surface area contributed by atoms with Crippen molar-refractivity contribution in [2.45, 2.75) is 0 Å². The van der Waals surface area contributed by atoms with Crippen LogP contribution in [0.3, 0.4) is 0 Å². The summed E-state index contributed by atoms with van der Waals surface area (Å²) in [4.78, 5) is 22.4. The quantitative estimate of drug-likeness (QED) is 0.887. The fourth-order valence-electron chi connectivity index (χ4n) is 1.60. The second-order valence-corrected chi connectivity index (χ2v) is 4.18. The summed E-state index contributed by atoms with van der Waals surface area (Å²) in [5, 5.41) is 11.4. The smallest absolute Gasteiger partial charge is 0.335 e. The van der Waals surface area contributed by atoms with E-state index in [2.05, 4.69) is 5.32 Å². The second kappa shape index (κ2) is 6.51. The molecule has 0 saturated heterocycles. The topological polar surface area (TPSA) is 75.6 Å². The fraction of sp³-hybridized carbons (Fsp3) is 0.0667. The highest BCUT2D eigenvalue weighted by molar-refractivity contribution is 5.92. The number of halogens is 1. The van der Waals surface area contributed by atoms with Crippen LogP contribution in [0.15, 0.2) is 48.5 Å². The summed E-state index contributed by atoms with van der Waals surface area (Å²) < 4.78 is 17.9. The lowest BCUT2D eigenvalue weighted by atomic mass is 10.2. The van der Waals surface area contributed by atoms with E-state index in [4.69, 9.17) is 9.84 Å². The van der Waals surface area contributed by atoms with Gasteiger partial charge in [-0.15, -0.1) is 0 Å². The van der Waals surface area contributed by atoms with Gasteiger partial charge in [-0.3, -0.25) is 4.79 Å². The summed E-state index contributed by atoms with van der Waals surface area (Å²) in [5.41, 5.74) is 0.524. The number of anilines is 1. The lowest BCUT2D eigenvalue weighted by molar-refractivity contribution is -0.118. The average molecular weight is 289 g/mol. The monoisotopic (exact) mass is 289 g/mol. The average Bonchev–Trinajstić information content (AvgIpc) is 2.48. The highest BCUT2D eigenvalue weighted by Crippen LogP contribution is 2.13. The van der Waals surface area contributed by atoms with Gasteiger partial charge in [-0.05, 0) is 42.5 Å². The van der Waals surface area contributed by atoms with Crippen molar-refractivity contribution in [3.05, 3.63) is 59.9 Å². The molecular weight excluding hydrogens is 277 g/mol. The van der Waals surface area contributed by atoms with Crippen molar-refractivity contribution < 1.29 is 23.8 Å². The van der Waals surface area contributed by atoms with Crippen molar-refractivity contribution >= 4 is 17.6 Å². The van der Waals surface area contributed by atoms with Crippen LogP contribution in [0.25, 0.3) is 0 Å². The van der Waals surface area contributed by atoms with Gasteiger partial charge in [0.15, 0.2) is 6.61 Å². The number of hydrogen-bond donors (Lipinski definition) is 2. The SMILES string of the molecule is O=C(COc1cccc(C(=O)O)c1)Nc1ccc(F)cc1. The third-order valence-electron chi connectivity index (χ3n) is 2.58. The Morgan fingerprint density at radius 3 is 2.52 bits per heavy atom. The maximum atomic E-state index is 12.7. The molecule has 0 bridgehead atoms. The third kappa shape index (κ3) is 4.31. The summed E-state index contributed by atoms with van der Waals surface area (Å²) in [7, 11) is 0. The number of aromatic carboxylic acids is 1. The number of nitrogens with one attached hydrogen (secondary N) is 1. The first-order valence-corrected chi connectivity index (χ1v) is 6.06. The number of carbonyl (C=O) groups excluding carboxylic acids is 1. The molecule has 2 rings (SSSR count). The molecule has 2 aromatic carbocycles. The van der Waals surface area contributed by atoms with Gasteiger partial charge in [0.1, 0.15) is 11.6 Å². The molecule has 0 spiro atoms. The van der Waals surface area contributed by atoms with Gasteiger partial charge in [0.2, 0.25) is 0 Å². The van der Waals surface area contributed by atoms with E-state index < -0.39 is 17.7 Å². The lowest BCUT2D eigenvalue weighted by Crippen LogP contribution is -2.20. The van der Waals surface area contributed by atoms with Crippen molar-refractivity contribution in [2.24, 2.45) is 0 Å². The van der Waals surface area contributed by atoms with Crippen LogP contribution >= 0.6 is 0 Å². The van der Waals surface area contributed by atoms with Crippen LogP contribution in [0, 0.1) is 5.82 Å². The molecule has 0 aliphatic rings. The van der Waals surface area contributed by atoms with Crippen LogP contribution in [0.1, 0.15) is 10.4 Å². The Morgan fingerprint density at radius 2 is 1.86 bits per heavy atom. The molecule has 0 atom stereocenters. The van der Waals surface area contributed by atoms with E-state index in [-0.39, 0.29) is 17.9 Å². The Hall–Kier alpha value is -2.89. The largest absolute Gasteiger partial charge is 0.484 e. The molecule has 0 fully saturated rings. The number of carboxylic acids is 1. The van der Waals surface area contributed by atoms with Gasteiger partial charge < -0.3 is 15.2 Å². The summed E-state index contributed by atoms with van der Waals surface area (Å²) in [5.74, 6) is -1.61. The van der Waals surface area contributed by atoms with E-state index >= 15 is 0 Å². The van der Waals surface area contributed by atoms with E-state index in [0.29, 0.717) is 5.69 Å². The third-order valence-corrected chi connectivity index (χ3v) is 2.58. The maximum absolute atomic E-state index is 12.7. The zero-order valence-corrected chi connectivity index (χ0v) is 10.9.